The number of hydrogen-bond acceptors (Lipinski definition) is 3. The van der Waals surface area contributed by atoms with Gasteiger partial charge in [-0.3, -0.25) is 9.59 Å². The van der Waals surface area contributed by atoms with Crippen molar-refractivity contribution in [2.45, 2.75) is 6.92 Å². The summed E-state index contributed by atoms with van der Waals surface area (Å²) in [6, 6.07) is 4.14. The molecule has 0 spiro atoms. The standard InChI is InChI=1S/C11H10O3/c1-3-10(13)8-4-5-11(14)9(6-8)7(2)12/h3-6,14H,1H2,2H3. The van der Waals surface area contributed by atoms with Gasteiger partial charge in [-0.25, -0.2) is 0 Å². The van der Waals surface area contributed by atoms with E-state index in [-0.39, 0.29) is 22.9 Å². The molecule has 0 aliphatic carbocycles. The fourth-order valence-corrected chi connectivity index (χ4v) is 1.09. The van der Waals surface area contributed by atoms with Gasteiger partial charge in [0.05, 0.1) is 5.56 Å². The van der Waals surface area contributed by atoms with Gasteiger partial charge in [0, 0.05) is 5.56 Å². The summed E-state index contributed by atoms with van der Waals surface area (Å²) in [4.78, 5) is 22.2. The highest BCUT2D eigenvalue weighted by Crippen LogP contribution is 2.19. The minimum atomic E-state index is -0.277. The van der Waals surface area contributed by atoms with Crippen molar-refractivity contribution in [2.24, 2.45) is 0 Å². The van der Waals surface area contributed by atoms with E-state index in [0.29, 0.717) is 5.56 Å². The predicted octanol–water partition coefficient (Wildman–Crippen LogP) is 1.96. The maximum Gasteiger partial charge on any atom is 0.185 e. The number of Topliss-reactive ketones (excluding diaryl/α,β-unsaturated/α-hetero) is 1. The fourth-order valence-electron chi connectivity index (χ4n) is 1.09. The molecule has 3 heteroatoms. The van der Waals surface area contributed by atoms with Crippen LogP contribution >= 0.6 is 0 Å². The first-order valence-electron chi connectivity index (χ1n) is 4.07. The van der Waals surface area contributed by atoms with E-state index < -0.39 is 0 Å². The fraction of sp³-hybridized carbons (Fsp3) is 0.0909. The molecule has 1 aromatic carbocycles. The molecule has 14 heavy (non-hydrogen) atoms. The van der Waals surface area contributed by atoms with Gasteiger partial charge in [-0.05, 0) is 31.2 Å². The minimum Gasteiger partial charge on any atom is -0.507 e. The Hall–Kier alpha value is -1.90. The highest BCUT2D eigenvalue weighted by molar-refractivity contribution is 6.06. The van der Waals surface area contributed by atoms with Gasteiger partial charge in [0.15, 0.2) is 11.6 Å². The molecule has 0 radical (unpaired) electrons. The van der Waals surface area contributed by atoms with Gasteiger partial charge >= 0.3 is 0 Å². The maximum absolute atomic E-state index is 11.2. The first-order valence-corrected chi connectivity index (χ1v) is 4.07. The highest BCUT2D eigenvalue weighted by Gasteiger charge is 2.09. The van der Waals surface area contributed by atoms with Crippen LogP contribution in [-0.4, -0.2) is 16.7 Å². The Morgan fingerprint density at radius 1 is 1.43 bits per heavy atom. The molecule has 0 atom stereocenters. The topological polar surface area (TPSA) is 54.4 Å². The van der Waals surface area contributed by atoms with Crippen LogP contribution in [0.25, 0.3) is 0 Å². The highest BCUT2D eigenvalue weighted by atomic mass is 16.3. The zero-order chi connectivity index (χ0) is 10.7. The smallest absolute Gasteiger partial charge is 0.185 e. The normalized spacial score (nSPS) is 9.50. The third-order valence-corrected chi connectivity index (χ3v) is 1.85. The van der Waals surface area contributed by atoms with Crippen molar-refractivity contribution in [3.8, 4) is 5.75 Å². The Morgan fingerprint density at radius 3 is 2.57 bits per heavy atom. The second kappa shape index (κ2) is 3.87. The molecular weight excluding hydrogens is 180 g/mol. The summed E-state index contributed by atoms with van der Waals surface area (Å²) in [6.45, 7) is 4.67. The van der Waals surface area contributed by atoms with E-state index in [0.717, 1.165) is 6.08 Å². The first kappa shape index (κ1) is 10.2. The molecule has 0 fully saturated rings. The third kappa shape index (κ3) is 1.88. The molecular formula is C11H10O3. The maximum atomic E-state index is 11.2. The van der Waals surface area contributed by atoms with Gasteiger partial charge in [0.1, 0.15) is 5.75 Å². The van der Waals surface area contributed by atoms with Crippen molar-refractivity contribution in [3.05, 3.63) is 42.0 Å². The van der Waals surface area contributed by atoms with E-state index in [1.807, 2.05) is 0 Å². The number of phenols is 1. The van der Waals surface area contributed by atoms with Crippen molar-refractivity contribution in [3.63, 3.8) is 0 Å². The van der Waals surface area contributed by atoms with E-state index in [1.54, 1.807) is 0 Å². The summed E-state index contributed by atoms with van der Waals surface area (Å²) in [5.41, 5.74) is 0.501. The van der Waals surface area contributed by atoms with Gasteiger partial charge in [-0.2, -0.15) is 0 Å². The monoisotopic (exact) mass is 190 g/mol. The van der Waals surface area contributed by atoms with Gasteiger partial charge in [-0.15, -0.1) is 0 Å². The molecule has 1 rings (SSSR count). The number of phenolic OH excluding ortho intramolecular Hbond substituents is 1. The van der Waals surface area contributed by atoms with Crippen LogP contribution in [0.1, 0.15) is 27.6 Å². The third-order valence-electron chi connectivity index (χ3n) is 1.85. The first-order chi connectivity index (χ1) is 6.56. The lowest BCUT2D eigenvalue weighted by molar-refractivity contribution is 0.101. The SMILES string of the molecule is C=CC(=O)c1ccc(O)c(C(C)=O)c1. The summed E-state index contributed by atoms with van der Waals surface area (Å²) >= 11 is 0. The van der Waals surface area contributed by atoms with Crippen LogP contribution in [0.4, 0.5) is 0 Å². The van der Waals surface area contributed by atoms with Crippen LogP contribution in [-0.2, 0) is 0 Å². The van der Waals surface area contributed by atoms with Crippen molar-refractivity contribution < 1.29 is 14.7 Å². The number of carbonyl (C=O) groups excluding carboxylic acids is 2. The molecule has 0 bridgehead atoms. The lowest BCUT2D eigenvalue weighted by atomic mass is 10.0. The number of allylic oxidation sites excluding steroid dienone is 1. The number of rotatable bonds is 3. The molecule has 0 heterocycles. The molecule has 0 aliphatic rings. The molecule has 0 aliphatic heterocycles. The van der Waals surface area contributed by atoms with Crippen LogP contribution in [0.15, 0.2) is 30.9 Å². The van der Waals surface area contributed by atoms with E-state index in [1.165, 1.54) is 25.1 Å². The summed E-state index contributed by atoms with van der Waals surface area (Å²) in [5, 5.41) is 9.30. The van der Waals surface area contributed by atoms with Gasteiger partial charge < -0.3 is 5.11 Å². The van der Waals surface area contributed by atoms with Gasteiger partial charge in [0.2, 0.25) is 0 Å². The Kier molecular flexibility index (Phi) is 2.82. The number of hydrogen-bond donors (Lipinski definition) is 1. The summed E-state index contributed by atoms with van der Waals surface area (Å²) in [6.07, 6.45) is 1.16. The molecule has 0 amide bonds. The molecule has 0 saturated heterocycles. The van der Waals surface area contributed by atoms with Crippen molar-refractivity contribution in [1.29, 1.82) is 0 Å². The van der Waals surface area contributed by atoms with Crippen LogP contribution in [0.3, 0.4) is 0 Å². The molecule has 1 aromatic rings. The number of carbonyl (C=O) groups is 2. The van der Waals surface area contributed by atoms with Gasteiger partial charge in [-0.1, -0.05) is 6.58 Å². The molecule has 72 valence electrons. The molecule has 0 aromatic heterocycles. The summed E-state index contributed by atoms with van der Waals surface area (Å²) in [7, 11) is 0. The second-order valence-corrected chi connectivity index (χ2v) is 2.86. The summed E-state index contributed by atoms with van der Waals surface area (Å²) < 4.78 is 0. The average molecular weight is 190 g/mol. The predicted molar refractivity (Wildman–Crippen MR) is 52.6 cm³/mol. The van der Waals surface area contributed by atoms with E-state index >= 15 is 0 Å². The van der Waals surface area contributed by atoms with E-state index in [4.69, 9.17) is 0 Å². The number of benzene rings is 1. The molecule has 0 unspecified atom stereocenters. The van der Waals surface area contributed by atoms with E-state index in [9.17, 15) is 14.7 Å². The van der Waals surface area contributed by atoms with Gasteiger partial charge in [0.25, 0.3) is 0 Å². The Balaban J connectivity index is 3.25. The Bertz CT molecular complexity index is 405. The van der Waals surface area contributed by atoms with Crippen LogP contribution in [0, 0.1) is 0 Å². The zero-order valence-corrected chi connectivity index (χ0v) is 7.78. The molecule has 3 nitrogen and oxygen atoms in total. The minimum absolute atomic E-state index is 0.113. The number of ketones is 2. The van der Waals surface area contributed by atoms with Crippen molar-refractivity contribution in [2.75, 3.05) is 0 Å². The number of aromatic hydroxyl groups is 1. The summed E-state index contributed by atoms with van der Waals surface area (Å²) in [5.74, 6) is -0.660. The largest absolute Gasteiger partial charge is 0.507 e. The zero-order valence-electron chi connectivity index (χ0n) is 7.78. The van der Waals surface area contributed by atoms with Crippen LogP contribution in [0.5, 0.6) is 5.75 Å². The molecule has 1 N–H and O–H groups in total. The van der Waals surface area contributed by atoms with Crippen LogP contribution in [0.2, 0.25) is 0 Å². The average Bonchev–Trinajstić information content (AvgIpc) is 2.17. The van der Waals surface area contributed by atoms with E-state index in [2.05, 4.69) is 6.58 Å². The Labute approximate surface area is 81.7 Å². The second-order valence-electron chi connectivity index (χ2n) is 2.86. The molecule has 0 saturated carbocycles. The van der Waals surface area contributed by atoms with Crippen molar-refractivity contribution in [1.82, 2.24) is 0 Å². The quantitative estimate of drug-likeness (QED) is 0.585. The lowest BCUT2D eigenvalue weighted by Crippen LogP contribution is -1.98. The van der Waals surface area contributed by atoms with Crippen LogP contribution < -0.4 is 0 Å². The van der Waals surface area contributed by atoms with Crippen molar-refractivity contribution >= 4 is 11.6 Å². The lowest BCUT2D eigenvalue weighted by Gasteiger charge is -2.02. The Morgan fingerprint density at radius 2 is 2.07 bits per heavy atom.